The molecule has 0 aliphatic heterocycles. The van der Waals surface area contributed by atoms with Crippen molar-refractivity contribution in [2.75, 3.05) is 18.1 Å². The number of aromatic amines is 1. The third-order valence-corrected chi connectivity index (χ3v) is 3.86. The predicted molar refractivity (Wildman–Crippen MR) is 93.6 cm³/mol. The van der Waals surface area contributed by atoms with Crippen LogP contribution >= 0.6 is 0 Å². The van der Waals surface area contributed by atoms with Crippen molar-refractivity contribution in [3.8, 4) is 0 Å². The van der Waals surface area contributed by atoms with Gasteiger partial charge in [0.25, 0.3) is 11.2 Å². The van der Waals surface area contributed by atoms with Gasteiger partial charge in [-0.25, -0.2) is 4.98 Å². The van der Waals surface area contributed by atoms with Crippen LogP contribution in [-0.4, -0.2) is 33.1 Å². The molecule has 128 valence electrons. The molecule has 3 rings (SSSR count). The fourth-order valence-electron chi connectivity index (χ4n) is 2.70. The Hall–Kier alpha value is -3.26. The molecule has 0 amide bonds. The van der Waals surface area contributed by atoms with Crippen molar-refractivity contribution >= 4 is 22.3 Å². The van der Waals surface area contributed by atoms with Gasteiger partial charge >= 0.3 is 0 Å². The first-order valence-electron chi connectivity index (χ1n) is 7.65. The Kier molecular flexibility index (Phi) is 4.71. The first-order valence-corrected chi connectivity index (χ1v) is 7.65. The third kappa shape index (κ3) is 3.48. The summed E-state index contributed by atoms with van der Waals surface area (Å²) in [5.41, 5.74) is 0.991. The standard InChI is InChI=1S/C17H16N4O4/c22-7-6-20(10-12-4-2-1-3-5-12)15-9-14-13(8-16(15)21(24)25)17(23)19-11-18-14/h1-5,8-9,11,22H,6-7,10H2,(H,18,19,23). The summed E-state index contributed by atoms with van der Waals surface area (Å²) in [5.74, 6) is 0. The van der Waals surface area contributed by atoms with Gasteiger partial charge in [0.2, 0.25) is 0 Å². The SMILES string of the molecule is O=c1[nH]cnc2cc(N(CCO)Cc3ccccc3)c([N+](=O)[O-])cc12. The van der Waals surface area contributed by atoms with Gasteiger partial charge in [0, 0.05) is 19.2 Å². The summed E-state index contributed by atoms with van der Waals surface area (Å²) in [6.45, 7) is 0.437. The summed E-state index contributed by atoms with van der Waals surface area (Å²) < 4.78 is 0. The molecule has 25 heavy (non-hydrogen) atoms. The van der Waals surface area contributed by atoms with Crippen molar-refractivity contribution in [3.63, 3.8) is 0 Å². The average Bonchev–Trinajstić information content (AvgIpc) is 2.61. The van der Waals surface area contributed by atoms with Crippen LogP contribution in [0.3, 0.4) is 0 Å². The fourth-order valence-corrected chi connectivity index (χ4v) is 2.70. The highest BCUT2D eigenvalue weighted by molar-refractivity contribution is 5.87. The van der Waals surface area contributed by atoms with Crippen molar-refractivity contribution in [1.29, 1.82) is 0 Å². The largest absolute Gasteiger partial charge is 0.395 e. The molecule has 0 bridgehead atoms. The number of rotatable bonds is 6. The zero-order valence-corrected chi connectivity index (χ0v) is 13.3. The summed E-state index contributed by atoms with van der Waals surface area (Å²) in [4.78, 5) is 31.1. The Balaban J connectivity index is 2.13. The summed E-state index contributed by atoms with van der Waals surface area (Å²) in [6.07, 6.45) is 1.26. The zero-order chi connectivity index (χ0) is 17.8. The van der Waals surface area contributed by atoms with Gasteiger partial charge in [-0.15, -0.1) is 0 Å². The number of aliphatic hydroxyl groups excluding tert-OH is 1. The molecule has 0 radical (unpaired) electrons. The van der Waals surface area contributed by atoms with Gasteiger partial charge in [0.15, 0.2) is 0 Å². The number of nitrogens with zero attached hydrogens (tertiary/aromatic N) is 3. The Morgan fingerprint density at radius 2 is 2.00 bits per heavy atom. The number of hydrogen-bond acceptors (Lipinski definition) is 6. The normalized spacial score (nSPS) is 10.8. The molecule has 0 spiro atoms. The van der Waals surface area contributed by atoms with E-state index >= 15 is 0 Å². The molecular weight excluding hydrogens is 324 g/mol. The van der Waals surface area contributed by atoms with E-state index in [9.17, 15) is 20.0 Å². The number of nitro benzene ring substituents is 1. The summed E-state index contributed by atoms with van der Waals surface area (Å²) >= 11 is 0. The molecule has 0 atom stereocenters. The average molecular weight is 340 g/mol. The molecule has 0 fully saturated rings. The lowest BCUT2D eigenvalue weighted by atomic mass is 10.1. The maximum absolute atomic E-state index is 11.9. The lowest BCUT2D eigenvalue weighted by Gasteiger charge is -2.24. The minimum absolute atomic E-state index is 0.154. The van der Waals surface area contributed by atoms with Crippen molar-refractivity contribution in [2.45, 2.75) is 6.54 Å². The smallest absolute Gasteiger partial charge is 0.293 e. The van der Waals surface area contributed by atoms with E-state index in [1.54, 1.807) is 4.90 Å². The van der Waals surface area contributed by atoms with Crippen LogP contribution in [0.1, 0.15) is 5.56 Å². The molecule has 0 unspecified atom stereocenters. The van der Waals surface area contributed by atoms with Gasteiger partial charge in [0.1, 0.15) is 5.69 Å². The van der Waals surface area contributed by atoms with Crippen LogP contribution in [0.4, 0.5) is 11.4 Å². The highest BCUT2D eigenvalue weighted by Gasteiger charge is 2.22. The van der Waals surface area contributed by atoms with Crippen molar-refractivity contribution in [2.24, 2.45) is 0 Å². The zero-order valence-electron chi connectivity index (χ0n) is 13.3. The molecule has 0 saturated heterocycles. The van der Waals surface area contributed by atoms with Gasteiger partial charge in [-0.1, -0.05) is 30.3 Å². The van der Waals surface area contributed by atoms with Crippen LogP contribution in [0, 0.1) is 10.1 Å². The summed E-state index contributed by atoms with van der Waals surface area (Å²) in [7, 11) is 0. The number of nitrogens with one attached hydrogen (secondary N) is 1. The first-order chi connectivity index (χ1) is 12.1. The lowest BCUT2D eigenvalue weighted by molar-refractivity contribution is -0.384. The number of fused-ring (bicyclic) bond motifs is 1. The number of nitro groups is 1. The second-order valence-electron chi connectivity index (χ2n) is 5.48. The maximum atomic E-state index is 11.9. The van der Waals surface area contributed by atoms with Crippen molar-refractivity contribution in [3.05, 3.63) is 74.8 Å². The number of anilines is 1. The Morgan fingerprint density at radius 3 is 2.68 bits per heavy atom. The maximum Gasteiger partial charge on any atom is 0.293 e. The minimum Gasteiger partial charge on any atom is -0.395 e. The molecule has 0 aliphatic carbocycles. The quantitative estimate of drug-likeness (QED) is 0.523. The monoisotopic (exact) mass is 340 g/mol. The van der Waals surface area contributed by atoms with Gasteiger partial charge in [0.05, 0.1) is 28.8 Å². The third-order valence-electron chi connectivity index (χ3n) is 3.86. The molecule has 3 aromatic rings. The highest BCUT2D eigenvalue weighted by Crippen LogP contribution is 2.32. The number of benzene rings is 2. The van der Waals surface area contributed by atoms with Gasteiger partial charge in [-0.2, -0.15) is 0 Å². The van der Waals surface area contributed by atoms with Gasteiger partial charge in [-0.3, -0.25) is 14.9 Å². The molecule has 0 aliphatic rings. The second kappa shape index (κ2) is 7.10. The Morgan fingerprint density at radius 1 is 1.24 bits per heavy atom. The molecule has 8 heteroatoms. The Labute approximate surface area is 142 Å². The topological polar surface area (TPSA) is 112 Å². The van der Waals surface area contributed by atoms with E-state index in [4.69, 9.17) is 0 Å². The van der Waals surface area contributed by atoms with E-state index < -0.39 is 10.5 Å². The van der Waals surface area contributed by atoms with Crippen molar-refractivity contribution in [1.82, 2.24) is 9.97 Å². The number of aliphatic hydroxyl groups is 1. The van der Waals surface area contributed by atoms with E-state index in [0.29, 0.717) is 17.7 Å². The molecule has 2 aromatic carbocycles. The lowest BCUT2D eigenvalue weighted by Crippen LogP contribution is -2.27. The molecule has 8 nitrogen and oxygen atoms in total. The first kappa shape index (κ1) is 16.6. The van der Waals surface area contributed by atoms with Crippen LogP contribution in [0.5, 0.6) is 0 Å². The van der Waals surface area contributed by atoms with E-state index in [-0.39, 0.29) is 24.2 Å². The fraction of sp³-hybridized carbons (Fsp3) is 0.176. The molecule has 0 saturated carbocycles. The van der Waals surface area contributed by atoms with E-state index in [1.807, 2.05) is 30.3 Å². The number of H-pyrrole nitrogens is 1. The highest BCUT2D eigenvalue weighted by atomic mass is 16.6. The summed E-state index contributed by atoms with van der Waals surface area (Å²) in [6, 6.07) is 12.2. The molecular formula is C17H16N4O4. The molecule has 1 heterocycles. The number of aromatic nitrogens is 2. The summed E-state index contributed by atoms with van der Waals surface area (Å²) in [5, 5.41) is 21.1. The van der Waals surface area contributed by atoms with Crippen LogP contribution in [0.2, 0.25) is 0 Å². The van der Waals surface area contributed by atoms with Gasteiger partial charge < -0.3 is 15.0 Å². The van der Waals surface area contributed by atoms with E-state index in [0.717, 1.165) is 5.56 Å². The molecule has 1 aromatic heterocycles. The minimum atomic E-state index is -0.531. The van der Waals surface area contributed by atoms with Crippen molar-refractivity contribution < 1.29 is 10.0 Å². The van der Waals surface area contributed by atoms with Crippen LogP contribution in [0.25, 0.3) is 10.9 Å². The van der Waals surface area contributed by atoms with Gasteiger partial charge in [-0.05, 0) is 11.6 Å². The number of hydrogen-bond donors (Lipinski definition) is 2. The van der Waals surface area contributed by atoms with Crippen LogP contribution in [0.15, 0.2) is 53.6 Å². The van der Waals surface area contributed by atoms with E-state index in [1.165, 1.54) is 18.5 Å². The van der Waals surface area contributed by atoms with Crippen LogP contribution in [-0.2, 0) is 6.54 Å². The molecule has 2 N–H and O–H groups in total. The Bertz CT molecular complexity index is 956. The van der Waals surface area contributed by atoms with Crippen LogP contribution < -0.4 is 10.5 Å². The predicted octanol–water partition coefficient (Wildman–Crippen LogP) is 1.83. The second-order valence-corrected chi connectivity index (χ2v) is 5.48. The van der Waals surface area contributed by atoms with E-state index in [2.05, 4.69) is 9.97 Å².